The molecule has 34 heavy (non-hydrogen) atoms. The van der Waals surface area contributed by atoms with Gasteiger partial charge in [-0.25, -0.2) is 9.78 Å². The van der Waals surface area contributed by atoms with E-state index in [-0.39, 0.29) is 25.5 Å². The maximum Gasteiger partial charge on any atom is 0.340 e. The Hall–Kier alpha value is -3.94. The summed E-state index contributed by atoms with van der Waals surface area (Å²) in [6.45, 7) is 4.94. The van der Waals surface area contributed by atoms with Gasteiger partial charge in [0.1, 0.15) is 12.4 Å². The second-order valence-electron chi connectivity index (χ2n) is 7.69. The lowest BCUT2D eigenvalue weighted by atomic mass is 10.0. The Morgan fingerprint density at radius 3 is 2.38 bits per heavy atom. The summed E-state index contributed by atoms with van der Waals surface area (Å²) in [5.41, 5.74) is 2.75. The summed E-state index contributed by atoms with van der Waals surface area (Å²) in [7, 11) is 1.56. The molecule has 0 bridgehead atoms. The minimum Gasteiger partial charge on any atom is -0.497 e. The zero-order chi connectivity index (χ0) is 24.7. The highest BCUT2D eigenvalue weighted by atomic mass is 16.5. The van der Waals surface area contributed by atoms with Crippen molar-refractivity contribution >= 4 is 28.7 Å². The Balaban J connectivity index is 1.81. The van der Waals surface area contributed by atoms with Gasteiger partial charge in [-0.1, -0.05) is 30.3 Å². The number of fused-ring (bicyclic) bond motifs is 1. The molecule has 3 rings (SSSR count). The van der Waals surface area contributed by atoms with Gasteiger partial charge in [0.15, 0.2) is 0 Å². The first-order chi connectivity index (χ1) is 16.3. The summed E-state index contributed by atoms with van der Waals surface area (Å²) in [5.74, 6) is -0.669. The SMILES string of the molecule is CCOC(=O)c1c(COC(=O)CC(NC(C)=O)c2ccc(OC)cc2)nc2ccccc2c1C. The molecule has 0 aliphatic heterocycles. The predicted octanol–water partition coefficient (Wildman–Crippen LogP) is 4.04. The fourth-order valence-corrected chi connectivity index (χ4v) is 3.73. The van der Waals surface area contributed by atoms with Gasteiger partial charge in [-0.3, -0.25) is 9.59 Å². The lowest BCUT2D eigenvalue weighted by Gasteiger charge is -2.18. The summed E-state index contributed by atoms with van der Waals surface area (Å²) in [6, 6.07) is 13.9. The number of hydrogen-bond donors (Lipinski definition) is 1. The molecule has 1 amide bonds. The molecule has 8 nitrogen and oxygen atoms in total. The van der Waals surface area contributed by atoms with Gasteiger partial charge in [-0.15, -0.1) is 0 Å². The molecule has 0 spiro atoms. The van der Waals surface area contributed by atoms with Crippen LogP contribution < -0.4 is 10.1 Å². The third-order valence-corrected chi connectivity index (χ3v) is 5.34. The highest BCUT2D eigenvalue weighted by molar-refractivity contribution is 5.98. The quantitative estimate of drug-likeness (QED) is 0.477. The average molecular weight is 465 g/mol. The number of pyridine rings is 1. The number of ether oxygens (including phenoxy) is 3. The van der Waals surface area contributed by atoms with Crippen LogP contribution in [0.4, 0.5) is 0 Å². The maximum absolute atomic E-state index is 12.7. The van der Waals surface area contributed by atoms with Crippen molar-refractivity contribution in [3.63, 3.8) is 0 Å². The fraction of sp³-hybridized carbons (Fsp3) is 0.308. The molecule has 1 N–H and O–H groups in total. The van der Waals surface area contributed by atoms with Crippen molar-refractivity contribution < 1.29 is 28.6 Å². The Morgan fingerprint density at radius 2 is 1.74 bits per heavy atom. The maximum atomic E-state index is 12.7. The molecule has 0 fully saturated rings. The van der Waals surface area contributed by atoms with E-state index in [9.17, 15) is 14.4 Å². The van der Waals surface area contributed by atoms with Crippen molar-refractivity contribution in [2.24, 2.45) is 0 Å². The third kappa shape index (κ3) is 5.89. The first-order valence-electron chi connectivity index (χ1n) is 11.0. The lowest BCUT2D eigenvalue weighted by molar-refractivity contribution is -0.145. The van der Waals surface area contributed by atoms with Crippen molar-refractivity contribution in [1.82, 2.24) is 10.3 Å². The van der Waals surface area contributed by atoms with E-state index in [1.807, 2.05) is 31.2 Å². The van der Waals surface area contributed by atoms with Crippen molar-refractivity contribution in [3.8, 4) is 5.75 Å². The molecule has 1 aromatic heterocycles. The summed E-state index contributed by atoms with van der Waals surface area (Å²) < 4.78 is 15.9. The van der Waals surface area contributed by atoms with E-state index < -0.39 is 18.0 Å². The van der Waals surface area contributed by atoms with E-state index in [0.29, 0.717) is 28.1 Å². The first-order valence-corrected chi connectivity index (χ1v) is 11.0. The Morgan fingerprint density at radius 1 is 1.03 bits per heavy atom. The number of carbonyl (C=O) groups is 3. The molecule has 2 aromatic carbocycles. The van der Waals surface area contributed by atoms with E-state index in [1.54, 1.807) is 38.3 Å². The molecular weight excluding hydrogens is 436 g/mol. The van der Waals surface area contributed by atoms with Crippen LogP contribution in [0, 0.1) is 6.92 Å². The van der Waals surface area contributed by atoms with E-state index in [4.69, 9.17) is 14.2 Å². The van der Waals surface area contributed by atoms with E-state index in [0.717, 1.165) is 10.9 Å². The first kappa shape index (κ1) is 24.7. The van der Waals surface area contributed by atoms with Crippen LogP contribution in [0.5, 0.6) is 5.75 Å². The van der Waals surface area contributed by atoms with Crippen LogP contribution in [0.15, 0.2) is 48.5 Å². The van der Waals surface area contributed by atoms with Crippen LogP contribution >= 0.6 is 0 Å². The zero-order valence-electron chi connectivity index (χ0n) is 19.7. The minimum atomic E-state index is -0.577. The number of para-hydroxylation sites is 1. The van der Waals surface area contributed by atoms with Crippen LogP contribution in [-0.4, -0.2) is 36.5 Å². The standard InChI is InChI=1S/C26H28N2O6/c1-5-33-26(31)25-16(2)20-8-6-7-9-21(20)28-23(25)15-34-24(30)14-22(27-17(3)29)18-10-12-19(32-4)13-11-18/h6-13,22H,5,14-15H2,1-4H3,(H,27,29). The number of benzene rings is 2. The molecule has 1 heterocycles. The summed E-state index contributed by atoms with van der Waals surface area (Å²) in [4.78, 5) is 41.6. The number of amides is 1. The second kappa shape index (κ2) is 11.3. The molecule has 1 unspecified atom stereocenters. The van der Waals surface area contributed by atoms with Crippen molar-refractivity contribution in [3.05, 3.63) is 70.9 Å². The van der Waals surface area contributed by atoms with Gasteiger partial charge in [0, 0.05) is 12.3 Å². The molecule has 3 aromatic rings. The van der Waals surface area contributed by atoms with E-state index in [1.165, 1.54) is 6.92 Å². The lowest BCUT2D eigenvalue weighted by Crippen LogP contribution is -2.28. The van der Waals surface area contributed by atoms with Crippen LogP contribution in [-0.2, 0) is 25.7 Å². The van der Waals surface area contributed by atoms with Gasteiger partial charge < -0.3 is 19.5 Å². The molecule has 178 valence electrons. The van der Waals surface area contributed by atoms with Crippen LogP contribution in [0.25, 0.3) is 10.9 Å². The van der Waals surface area contributed by atoms with Gasteiger partial charge in [0.2, 0.25) is 5.91 Å². The number of aromatic nitrogens is 1. The van der Waals surface area contributed by atoms with Crippen molar-refractivity contribution in [1.29, 1.82) is 0 Å². The van der Waals surface area contributed by atoms with Crippen molar-refractivity contribution in [2.75, 3.05) is 13.7 Å². The third-order valence-electron chi connectivity index (χ3n) is 5.34. The largest absolute Gasteiger partial charge is 0.497 e. The molecule has 0 aliphatic carbocycles. The zero-order valence-corrected chi connectivity index (χ0v) is 19.7. The van der Waals surface area contributed by atoms with E-state index >= 15 is 0 Å². The summed E-state index contributed by atoms with van der Waals surface area (Å²) in [5, 5.41) is 3.60. The molecular formula is C26H28N2O6. The summed E-state index contributed by atoms with van der Waals surface area (Å²) in [6.07, 6.45) is -0.0901. The highest BCUT2D eigenvalue weighted by Gasteiger charge is 2.23. The molecule has 0 radical (unpaired) electrons. The molecule has 1 atom stereocenters. The number of carbonyl (C=O) groups excluding carboxylic acids is 3. The van der Waals surface area contributed by atoms with Crippen LogP contribution in [0.1, 0.15) is 53.5 Å². The van der Waals surface area contributed by atoms with Crippen LogP contribution in [0.2, 0.25) is 0 Å². The molecule has 0 aliphatic rings. The number of methoxy groups -OCH3 is 1. The van der Waals surface area contributed by atoms with Crippen molar-refractivity contribution in [2.45, 2.75) is 39.8 Å². The Labute approximate surface area is 198 Å². The van der Waals surface area contributed by atoms with Gasteiger partial charge in [0.05, 0.1) is 43.0 Å². The summed E-state index contributed by atoms with van der Waals surface area (Å²) >= 11 is 0. The Bertz CT molecular complexity index is 1190. The monoisotopic (exact) mass is 464 g/mol. The second-order valence-corrected chi connectivity index (χ2v) is 7.69. The normalized spacial score (nSPS) is 11.5. The number of rotatable bonds is 9. The number of esters is 2. The smallest absolute Gasteiger partial charge is 0.340 e. The number of nitrogens with one attached hydrogen (secondary N) is 1. The molecule has 0 saturated heterocycles. The van der Waals surface area contributed by atoms with E-state index in [2.05, 4.69) is 10.3 Å². The molecule has 0 saturated carbocycles. The average Bonchev–Trinajstić information content (AvgIpc) is 2.82. The highest BCUT2D eigenvalue weighted by Crippen LogP contribution is 2.25. The fourth-order valence-electron chi connectivity index (χ4n) is 3.73. The van der Waals surface area contributed by atoms with Crippen LogP contribution in [0.3, 0.4) is 0 Å². The van der Waals surface area contributed by atoms with Gasteiger partial charge in [-0.05, 0) is 43.2 Å². The minimum absolute atomic E-state index is 0.0901. The number of nitrogens with zero attached hydrogens (tertiary/aromatic N) is 1. The van der Waals surface area contributed by atoms with Gasteiger partial charge >= 0.3 is 11.9 Å². The van der Waals surface area contributed by atoms with Gasteiger partial charge in [0.25, 0.3) is 0 Å². The number of aryl methyl sites for hydroxylation is 1. The van der Waals surface area contributed by atoms with Gasteiger partial charge in [-0.2, -0.15) is 0 Å². The topological polar surface area (TPSA) is 104 Å². The predicted molar refractivity (Wildman–Crippen MR) is 126 cm³/mol. The molecule has 8 heteroatoms. The Kier molecular flexibility index (Phi) is 8.19. The number of hydrogen-bond acceptors (Lipinski definition) is 7.